The van der Waals surface area contributed by atoms with Crippen molar-refractivity contribution in [3.63, 3.8) is 0 Å². The molecule has 2 N–H and O–H groups in total. The summed E-state index contributed by atoms with van der Waals surface area (Å²) in [5.74, 6) is -5.29. The maximum Gasteiger partial charge on any atom is 0.311 e. The monoisotopic (exact) mass is 497 g/mol. The van der Waals surface area contributed by atoms with E-state index in [1.165, 1.54) is 51.4 Å². The Bertz CT molecular complexity index is 578. The average Bonchev–Trinajstić information content (AvgIpc) is 2.78. The van der Waals surface area contributed by atoms with Crippen LogP contribution in [0.25, 0.3) is 0 Å². The zero-order chi connectivity index (χ0) is 26.7. The van der Waals surface area contributed by atoms with Crippen molar-refractivity contribution in [3.8, 4) is 0 Å². The van der Waals surface area contributed by atoms with Gasteiger partial charge in [-0.1, -0.05) is 70.9 Å². The molecule has 0 aliphatic carbocycles. The van der Waals surface area contributed by atoms with Gasteiger partial charge in [0.15, 0.2) is 0 Å². The number of carboxylic acids is 3. The Hall–Kier alpha value is -1.89. The molecule has 0 heterocycles. The van der Waals surface area contributed by atoms with Gasteiger partial charge < -0.3 is 24.6 Å². The summed E-state index contributed by atoms with van der Waals surface area (Å²) in [5.41, 5.74) is 0. The van der Waals surface area contributed by atoms with Crippen LogP contribution >= 0.6 is 0 Å². The summed E-state index contributed by atoms with van der Waals surface area (Å²) in [6.45, 7) is 8.12. The van der Waals surface area contributed by atoms with Crippen molar-refractivity contribution >= 4 is 17.9 Å². The Morgan fingerprint density at radius 1 is 0.686 bits per heavy atom. The fourth-order valence-corrected chi connectivity index (χ4v) is 4.81. The van der Waals surface area contributed by atoms with Gasteiger partial charge in [-0.3, -0.25) is 9.59 Å². The molecule has 0 aromatic rings. The minimum atomic E-state index is -1.19. The second-order valence-electron chi connectivity index (χ2n) is 10.5. The average molecular weight is 498 g/mol. The third-order valence-electron chi connectivity index (χ3n) is 6.87. The van der Waals surface area contributed by atoms with Crippen LogP contribution in [0.5, 0.6) is 0 Å². The van der Waals surface area contributed by atoms with Crippen LogP contribution in [0.15, 0.2) is 12.2 Å². The number of quaternary nitrogens is 1. The number of allylic oxidation sites excluding steroid dienone is 2. The van der Waals surface area contributed by atoms with Crippen molar-refractivity contribution in [1.29, 1.82) is 0 Å². The number of hydrogen-bond donors (Lipinski definition) is 2. The minimum Gasteiger partial charge on any atom is -0.550 e. The van der Waals surface area contributed by atoms with E-state index in [0.29, 0.717) is 6.54 Å². The first-order valence-electron chi connectivity index (χ1n) is 13.7. The Kier molecular flexibility index (Phi) is 18.3. The number of rotatable bonds is 23. The fraction of sp³-hybridized carbons (Fsp3) is 0.821. The maximum atomic E-state index is 11.6. The van der Waals surface area contributed by atoms with Gasteiger partial charge >= 0.3 is 11.9 Å². The summed E-state index contributed by atoms with van der Waals surface area (Å²) < 4.78 is 0.165. The van der Waals surface area contributed by atoms with Crippen LogP contribution < -0.4 is 5.11 Å². The minimum absolute atomic E-state index is 0.165. The van der Waals surface area contributed by atoms with Gasteiger partial charge in [-0.2, -0.15) is 0 Å². The van der Waals surface area contributed by atoms with Crippen LogP contribution in [0.1, 0.15) is 105 Å². The van der Waals surface area contributed by atoms with Gasteiger partial charge in [-0.05, 0) is 46.0 Å². The third kappa shape index (κ3) is 16.4. The molecule has 0 saturated carbocycles. The zero-order valence-corrected chi connectivity index (χ0v) is 22.7. The van der Waals surface area contributed by atoms with Crippen molar-refractivity contribution in [2.45, 2.75) is 105 Å². The summed E-state index contributed by atoms with van der Waals surface area (Å²) in [7, 11) is 0. The van der Waals surface area contributed by atoms with Gasteiger partial charge in [0.05, 0.1) is 26.2 Å². The smallest absolute Gasteiger partial charge is 0.311 e. The highest BCUT2D eigenvalue weighted by Crippen LogP contribution is 2.21. The number of carbonyl (C=O) groups excluding carboxylic acids is 1. The van der Waals surface area contributed by atoms with Crippen molar-refractivity contribution in [1.82, 2.24) is 0 Å². The molecule has 35 heavy (non-hydrogen) atoms. The number of carbonyl (C=O) groups is 3. The largest absolute Gasteiger partial charge is 0.550 e. The van der Waals surface area contributed by atoms with Crippen LogP contribution in [-0.2, 0) is 14.4 Å². The molecule has 204 valence electrons. The van der Waals surface area contributed by atoms with E-state index in [-0.39, 0.29) is 24.1 Å². The zero-order valence-electron chi connectivity index (χ0n) is 22.7. The first-order chi connectivity index (χ1) is 16.5. The third-order valence-corrected chi connectivity index (χ3v) is 6.87. The van der Waals surface area contributed by atoms with E-state index in [1.54, 1.807) is 20.8 Å². The Morgan fingerprint density at radius 3 is 1.51 bits per heavy atom. The summed E-state index contributed by atoms with van der Waals surface area (Å²) >= 11 is 0. The topological polar surface area (TPSA) is 115 Å². The number of carboxylic acid groups (broad SMARTS) is 3. The fourth-order valence-electron chi connectivity index (χ4n) is 4.81. The Morgan fingerprint density at radius 2 is 1.09 bits per heavy atom. The lowest BCUT2D eigenvalue weighted by molar-refractivity contribution is -0.934. The normalized spacial score (nSPS) is 16.0. The number of nitrogens with zero attached hydrogens (tertiary/aromatic N) is 1. The molecule has 0 aromatic heterocycles. The first-order valence-corrected chi connectivity index (χ1v) is 13.7. The van der Waals surface area contributed by atoms with Gasteiger partial charge in [0.2, 0.25) is 0 Å². The van der Waals surface area contributed by atoms with Gasteiger partial charge in [0.1, 0.15) is 11.8 Å². The molecule has 7 heteroatoms. The van der Waals surface area contributed by atoms with Crippen LogP contribution in [-0.4, -0.2) is 58.8 Å². The number of unbranched alkanes of at least 4 members (excludes halogenated alkanes) is 10. The highest BCUT2D eigenvalue weighted by Gasteiger charge is 2.36. The lowest BCUT2D eigenvalue weighted by atomic mass is 10.0. The van der Waals surface area contributed by atoms with Crippen LogP contribution in [0.3, 0.4) is 0 Å². The molecule has 0 radical (unpaired) electrons. The van der Waals surface area contributed by atoms with E-state index < -0.39 is 35.7 Å². The summed E-state index contributed by atoms with van der Waals surface area (Å²) in [6.07, 6.45) is 18.6. The Balaban J connectivity index is 4.74. The van der Waals surface area contributed by atoms with E-state index in [9.17, 15) is 29.7 Å². The standard InChI is InChI=1S/C28H51NO6/c1-5-6-7-8-9-10-11-12-13-14-15-16-17-18-19-29(20-23(2)26(30)31,21-24(3)27(32)33)22-25(4)28(34)35/h14-15,23-25H,5-13,16-22H2,1-4H3,(H2-,30,31,32,33,34,35)/b15-14+. The van der Waals surface area contributed by atoms with Crippen LogP contribution in [0.2, 0.25) is 0 Å². The van der Waals surface area contributed by atoms with E-state index in [4.69, 9.17) is 0 Å². The highest BCUT2D eigenvalue weighted by atomic mass is 16.4. The highest BCUT2D eigenvalue weighted by molar-refractivity contribution is 5.70. The molecule has 7 nitrogen and oxygen atoms in total. The molecule has 0 saturated heterocycles. The molecule has 0 amide bonds. The molecule has 0 aromatic carbocycles. The number of hydrogen-bond acceptors (Lipinski definition) is 4. The van der Waals surface area contributed by atoms with E-state index >= 15 is 0 Å². The lowest BCUT2D eigenvalue weighted by Crippen LogP contribution is -2.58. The molecule has 3 atom stereocenters. The second-order valence-corrected chi connectivity index (χ2v) is 10.5. The predicted octanol–water partition coefficient (Wildman–Crippen LogP) is 4.89. The van der Waals surface area contributed by atoms with Gasteiger partial charge in [-0.15, -0.1) is 0 Å². The number of aliphatic carboxylic acids is 3. The molecule has 0 fully saturated rings. The Labute approximate surface area is 213 Å². The van der Waals surface area contributed by atoms with Crippen molar-refractivity contribution in [2.75, 3.05) is 26.2 Å². The van der Waals surface area contributed by atoms with E-state index in [2.05, 4.69) is 19.1 Å². The molecular formula is C28H51NO6. The van der Waals surface area contributed by atoms with E-state index in [0.717, 1.165) is 25.7 Å². The predicted molar refractivity (Wildman–Crippen MR) is 138 cm³/mol. The summed E-state index contributed by atoms with van der Waals surface area (Å²) in [4.78, 5) is 34.6. The van der Waals surface area contributed by atoms with Crippen LogP contribution in [0, 0.1) is 17.8 Å². The first kappa shape index (κ1) is 33.1. The molecular weight excluding hydrogens is 446 g/mol. The quantitative estimate of drug-likeness (QED) is 0.118. The van der Waals surface area contributed by atoms with Crippen LogP contribution in [0.4, 0.5) is 0 Å². The van der Waals surface area contributed by atoms with Gasteiger partial charge in [0, 0.05) is 11.9 Å². The van der Waals surface area contributed by atoms with Crippen molar-refractivity contribution in [3.05, 3.63) is 12.2 Å². The summed E-state index contributed by atoms with van der Waals surface area (Å²) in [6, 6.07) is 0. The lowest BCUT2D eigenvalue weighted by Gasteiger charge is -2.43. The molecule has 0 aliphatic rings. The van der Waals surface area contributed by atoms with Gasteiger partial charge in [-0.25, -0.2) is 0 Å². The molecule has 0 rings (SSSR count). The van der Waals surface area contributed by atoms with Gasteiger partial charge in [0.25, 0.3) is 0 Å². The summed E-state index contributed by atoms with van der Waals surface area (Å²) in [5, 5.41) is 30.4. The van der Waals surface area contributed by atoms with Crippen molar-refractivity contribution in [2.24, 2.45) is 17.8 Å². The SMILES string of the molecule is CCCCCCCCCC/C=C/CCCC[N+](CC(C)C(=O)[O-])(CC(C)C(=O)O)CC(C)C(=O)O. The second kappa shape index (κ2) is 19.3. The molecule has 0 bridgehead atoms. The molecule has 0 spiro atoms. The molecule has 0 aliphatic heterocycles. The maximum absolute atomic E-state index is 11.6. The van der Waals surface area contributed by atoms with E-state index in [1.807, 2.05) is 0 Å². The molecule has 3 unspecified atom stereocenters. The van der Waals surface area contributed by atoms with Crippen molar-refractivity contribution < 1.29 is 34.2 Å².